The summed E-state index contributed by atoms with van der Waals surface area (Å²) in [5.74, 6) is 0. The SMILES string of the molecule is CC(N)(CO)c1cnc(N2CCOCC2)s1. The standard InChI is InChI=1S/C10H17N3O2S/c1-10(11,7-14)8-6-12-9(16-8)13-2-4-15-5-3-13/h6,14H,2-5,7,11H2,1H3. The van der Waals surface area contributed by atoms with Crippen LogP contribution in [-0.2, 0) is 10.3 Å². The topological polar surface area (TPSA) is 71.6 Å². The third-order valence-electron chi connectivity index (χ3n) is 2.67. The van der Waals surface area contributed by atoms with Crippen molar-refractivity contribution in [2.75, 3.05) is 37.8 Å². The maximum absolute atomic E-state index is 9.19. The van der Waals surface area contributed by atoms with Gasteiger partial charge in [0.05, 0.1) is 25.4 Å². The molecular formula is C10H17N3O2S. The van der Waals surface area contributed by atoms with Gasteiger partial charge in [-0.2, -0.15) is 0 Å². The van der Waals surface area contributed by atoms with E-state index >= 15 is 0 Å². The van der Waals surface area contributed by atoms with Crippen molar-refractivity contribution in [3.8, 4) is 0 Å². The number of aliphatic hydroxyl groups is 1. The summed E-state index contributed by atoms with van der Waals surface area (Å²) in [7, 11) is 0. The average Bonchev–Trinajstić information content (AvgIpc) is 2.80. The van der Waals surface area contributed by atoms with E-state index < -0.39 is 5.54 Å². The smallest absolute Gasteiger partial charge is 0.185 e. The molecule has 1 aromatic rings. The first kappa shape index (κ1) is 11.8. The van der Waals surface area contributed by atoms with Crippen LogP contribution in [0.3, 0.4) is 0 Å². The lowest BCUT2D eigenvalue weighted by Gasteiger charge is -2.26. The van der Waals surface area contributed by atoms with Gasteiger partial charge in [-0.1, -0.05) is 11.3 Å². The Bertz CT molecular complexity index is 348. The fourth-order valence-corrected chi connectivity index (χ4v) is 2.52. The van der Waals surface area contributed by atoms with Crippen molar-refractivity contribution < 1.29 is 9.84 Å². The summed E-state index contributed by atoms with van der Waals surface area (Å²) in [6.07, 6.45) is 1.76. The number of anilines is 1. The molecule has 1 saturated heterocycles. The molecule has 16 heavy (non-hydrogen) atoms. The van der Waals surface area contributed by atoms with E-state index in [2.05, 4.69) is 9.88 Å². The lowest BCUT2D eigenvalue weighted by atomic mass is 10.1. The molecule has 0 spiro atoms. The van der Waals surface area contributed by atoms with Gasteiger partial charge < -0.3 is 20.5 Å². The van der Waals surface area contributed by atoms with E-state index in [0.29, 0.717) is 0 Å². The molecule has 1 atom stereocenters. The van der Waals surface area contributed by atoms with Crippen LogP contribution in [0.2, 0.25) is 0 Å². The number of ether oxygens (including phenoxy) is 1. The third-order valence-corrected chi connectivity index (χ3v) is 4.00. The number of nitrogens with two attached hydrogens (primary N) is 1. The fourth-order valence-electron chi connectivity index (χ4n) is 1.51. The number of rotatable bonds is 3. The molecule has 0 aliphatic carbocycles. The highest BCUT2D eigenvalue weighted by Gasteiger charge is 2.24. The van der Waals surface area contributed by atoms with E-state index in [9.17, 15) is 5.11 Å². The normalized spacial score (nSPS) is 20.8. The molecule has 1 aliphatic rings. The first-order chi connectivity index (χ1) is 7.63. The molecule has 0 saturated carbocycles. The van der Waals surface area contributed by atoms with Crippen LogP contribution in [0.4, 0.5) is 5.13 Å². The average molecular weight is 243 g/mol. The highest BCUT2D eigenvalue weighted by molar-refractivity contribution is 7.15. The van der Waals surface area contributed by atoms with Crippen LogP contribution in [0.25, 0.3) is 0 Å². The quantitative estimate of drug-likeness (QED) is 0.790. The maximum atomic E-state index is 9.19. The summed E-state index contributed by atoms with van der Waals surface area (Å²) in [4.78, 5) is 7.45. The predicted octanol–water partition coefficient (Wildman–Crippen LogP) is 0.146. The van der Waals surface area contributed by atoms with Gasteiger partial charge in [-0.05, 0) is 6.92 Å². The van der Waals surface area contributed by atoms with Crippen LogP contribution in [-0.4, -0.2) is 43.0 Å². The fraction of sp³-hybridized carbons (Fsp3) is 0.700. The number of hydrogen-bond acceptors (Lipinski definition) is 6. The summed E-state index contributed by atoms with van der Waals surface area (Å²) in [6.45, 7) is 4.96. The van der Waals surface area contributed by atoms with E-state index in [1.165, 1.54) is 0 Å². The minimum atomic E-state index is -0.692. The number of nitrogens with zero attached hydrogens (tertiary/aromatic N) is 2. The van der Waals surface area contributed by atoms with Crippen molar-refractivity contribution >= 4 is 16.5 Å². The Morgan fingerprint density at radius 2 is 2.31 bits per heavy atom. The van der Waals surface area contributed by atoms with Gasteiger partial charge in [0.2, 0.25) is 0 Å². The molecule has 90 valence electrons. The molecular weight excluding hydrogens is 226 g/mol. The van der Waals surface area contributed by atoms with Crippen LogP contribution >= 0.6 is 11.3 Å². The second-order valence-electron chi connectivity index (χ2n) is 4.18. The van der Waals surface area contributed by atoms with E-state index in [1.54, 1.807) is 17.5 Å². The number of hydrogen-bond donors (Lipinski definition) is 2. The van der Waals surface area contributed by atoms with Crippen molar-refractivity contribution in [3.63, 3.8) is 0 Å². The Morgan fingerprint density at radius 1 is 1.62 bits per heavy atom. The van der Waals surface area contributed by atoms with Crippen LogP contribution in [0, 0.1) is 0 Å². The van der Waals surface area contributed by atoms with Crippen molar-refractivity contribution in [1.29, 1.82) is 0 Å². The van der Waals surface area contributed by atoms with Gasteiger partial charge in [0.15, 0.2) is 5.13 Å². The molecule has 2 heterocycles. The van der Waals surface area contributed by atoms with Gasteiger partial charge in [-0.15, -0.1) is 0 Å². The molecule has 5 nitrogen and oxygen atoms in total. The van der Waals surface area contributed by atoms with Crippen LogP contribution < -0.4 is 10.6 Å². The summed E-state index contributed by atoms with van der Waals surface area (Å²) in [6, 6.07) is 0. The number of aromatic nitrogens is 1. The van der Waals surface area contributed by atoms with Crippen LogP contribution in [0.5, 0.6) is 0 Å². The second kappa shape index (κ2) is 4.67. The lowest BCUT2D eigenvalue weighted by molar-refractivity contribution is 0.122. The third kappa shape index (κ3) is 2.35. The predicted molar refractivity (Wildman–Crippen MR) is 63.8 cm³/mol. The lowest BCUT2D eigenvalue weighted by Crippen LogP contribution is -2.36. The van der Waals surface area contributed by atoms with Gasteiger partial charge >= 0.3 is 0 Å². The number of thiazole rings is 1. The first-order valence-electron chi connectivity index (χ1n) is 5.32. The summed E-state index contributed by atoms with van der Waals surface area (Å²) in [5.41, 5.74) is 5.27. The molecule has 3 N–H and O–H groups in total. The zero-order chi connectivity index (χ0) is 11.6. The largest absolute Gasteiger partial charge is 0.394 e. The summed E-state index contributed by atoms with van der Waals surface area (Å²) in [5, 5.41) is 10.1. The summed E-state index contributed by atoms with van der Waals surface area (Å²) >= 11 is 1.55. The molecule has 0 radical (unpaired) electrons. The molecule has 6 heteroatoms. The van der Waals surface area contributed by atoms with Gasteiger partial charge in [-0.25, -0.2) is 4.98 Å². The Labute approximate surface area is 98.8 Å². The molecule has 1 unspecified atom stereocenters. The molecule has 1 aromatic heterocycles. The molecule has 1 fully saturated rings. The number of morpholine rings is 1. The minimum absolute atomic E-state index is 0.0717. The van der Waals surface area contributed by atoms with Crippen molar-refractivity contribution in [2.45, 2.75) is 12.5 Å². The molecule has 2 rings (SSSR count). The van der Waals surface area contributed by atoms with Crippen molar-refractivity contribution in [2.24, 2.45) is 5.73 Å². The monoisotopic (exact) mass is 243 g/mol. The van der Waals surface area contributed by atoms with Crippen LogP contribution in [0.15, 0.2) is 6.20 Å². The number of aliphatic hydroxyl groups excluding tert-OH is 1. The van der Waals surface area contributed by atoms with E-state index in [0.717, 1.165) is 36.3 Å². The highest BCUT2D eigenvalue weighted by Crippen LogP contribution is 2.29. The zero-order valence-electron chi connectivity index (χ0n) is 9.35. The molecule has 1 aliphatic heterocycles. The minimum Gasteiger partial charge on any atom is -0.394 e. The summed E-state index contributed by atoms with van der Waals surface area (Å²) < 4.78 is 5.29. The molecule has 0 aromatic carbocycles. The van der Waals surface area contributed by atoms with Gasteiger partial charge in [0.1, 0.15) is 0 Å². The molecule has 0 bridgehead atoms. The Kier molecular flexibility index (Phi) is 3.44. The Balaban J connectivity index is 2.12. The van der Waals surface area contributed by atoms with Crippen LogP contribution in [0.1, 0.15) is 11.8 Å². The van der Waals surface area contributed by atoms with Gasteiger partial charge in [-0.3, -0.25) is 0 Å². The Morgan fingerprint density at radius 3 is 2.94 bits per heavy atom. The highest BCUT2D eigenvalue weighted by atomic mass is 32.1. The second-order valence-corrected chi connectivity index (χ2v) is 5.19. The zero-order valence-corrected chi connectivity index (χ0v) is 10.2. The van der Waals surface area contributed by atoms with E-state index in [4.69, 9.17) is 10.5 Å². The first-order valence-corrected chi connectivity index (χ1v) is 6.14. The van der Waals surface area contributed by atoms with E-state index in [-0.39, 0.29) is 6.61 Å². The van der Waals surface area contributed by atoms with Crippen molar-refractivity contribution in [1.82, 2.24) is 4.98 Å². The Hall–Kier alpha value is -0.690. The maximum Gasteiger partial charge on any atom is 0.185 e. The molecule has 0 amide bonds. The van der Waals surface area contributed by atoms with E-state index in [1.807, 2.05) is 6.92 Å². The van der Waals surface area contributed by atoms with Crippen molar-refractivity contribution in [3.05, 3.63) is 11.1 Å². The van der Waals surface area contributed by atoms with Gasteiger partial charge in [0.25, 0.3) is 0 Å². The van der Waals surface area contributed by atoms with Gasteiger partial charge in [0, 0.05) is 24.2 Å².